The molecule has 0 bridgehead atoms. The summed E-state index contributed by atoms with van der Waals surface area (Å²) >= 11 is 0. The van der Waals surface area contributed by atoms with Gasteiger partial charge in [-0.05, 0) is 37.2 Å². The second-order valence-corrected chi connectivity index (χ2v) is 7.67. The van der Waals surface area contributed by atoms with Crippen LogP contribution < -0.4 is 5.73 Å². The summed E-state index contributed by atoms with van der Waals surface area (Å²) in [6.07, 6.45) is 10.2. The maximum absolute atomic E-state index is 12.4. The summed E-state index contributed by atoms with van der Waals surface area (Å²) in [6.45, 7) is 4.34. The third kappa shape index (κ3) is 10.1. The largest absolute Gasteiger partial charge is 0.393 e. The van der Waals surface area contributed by atoms with Gasteiger partial charge >= 0.3 is 0 Å². The van der Waals surface area contributed by atoms with Gasteiger partial charge in [-0.1, -0.05) is 82.7 Å². The summed E-state index contributed by atoms with van der Waals surface area (Å²) in [4.78, 5) is 12.4. The highest BCUT2D eigenvalue weighted by Crippen LogP contribution is 2.18. The summed E-state index contributed by atoms with van der Waals surface area (Å²) in [7, 11) is 0. The molecule has 1 aromatic carbocycles. The molecule has 3 atom stereocenters. The van der Waals surface area contributed by atoms with Crippen LogP contribution >= 0.6 is 0 Å². The van der Waals surface area contributed by atoms with Gasteiger partial charge in [0.15, 0.2) is 0 Å². The molecule has 1 rings (SSSR count). The van der Waals surface area contributed by atoms with E-state index in [1.54, 1.807) is 0 Å². The van der Waals surface area contributed by atoms with Gasteiger partial charge < -0.3 is 10.8 Å². The molecule has 3 N–H and O–H groups in total. The van der Waals surface area contributed by atoms with Crippen LogP contribution in [-0.2, 0) is 11.2 Å². The number of unbranched alkanes of at least 4 members (excludes halogenated alkanes) is 4. The first-order valence-electron chi connectivity index (χ1n) is 10.6. The van der Waals surface area contributed by atoms with Gasteiger partial charge in [-0.3, -0.25) is 4.79 Å². The summed E-state index contributed by atoms with van der Waals surface area (Å²) < 4.78 is 0. The van der Waals surface area contributed by atoms with Crippen LogP contribution in [0.15, 0.2) is 30.3 Å². The maximum atomic E-state index is 12.4. The van der Waals surface area contributed by atoms with Gasteiger partial charge in [0, 0.05) is 6.42 Å². The number of hydrogen-bond acceptors (Lipinski definition) is 3. The van der Waals surface area contributed by atoms with Crippen molar-refractivity contribution in [1.29, 1.82) is 0 Å². The average Bonchev–Trinajstić information content (AvgIpc) is 2.66. The number of Topliss-reactive ketones (excluding diaryl/α,β-unsaturated/α-hetero) is 1. The van der Waals surface area contributed by atoms with Crippen LogP contribution in [0.1, 0.15) is 83.6 Å². The highest BCUT2D eigenvalue weighted by molar-refractivity contribution is 5.83. The van der Waals surface area contributed by atoms with Crippen LogP contribution in [0.5, 0.6) is 0 Å². The van der Waals surface area contributed by atoms with Crippen molar-refractivity contribution in [2.45, 2.75) is 96.6 Å². The zero-order valence-electron chi connectivity index (χ0n) is 16.8. The van der Waals surface area contributed by atoms with E-state index in [1.807, 2.05) is 18.2 Å². The lowest BCUT2D eigenvalue weighted by Crippen LogP contribution is -2.33. The van der Waals surface area contributed by atoms with E-state index >= 15 is 0 Å². The summed E-state index contributed by atoms with van der Waals surface area (Å²) in [6, 6.07) is 9.89. The van der Waals surface area contributed by atoms with E-state index in [2.05, 4.69) is 26.0 Å². The van der Waals surface area contributed by atoms with Crippen molar-refractivity contribution in [2.75, 3.05) is 0 Å². The minimum Gasteiger partial charge on any atom is -0.393 e. The van der Waals surface area contributed by atoms with Crippen LogP contribution in [0.2, 0.25) is 0 Å². The van der Waals surface area contributed by atoms with Gasteiger partial charge in [-0.15, -0.1) is 0 Å². The number of ketones is 1. The van der Waals surface area contributed by atoms with Crippen molar-refractivity contribution in [1.82, 2.24) is 0 Å². The highest BCUT2D eigenvalue weighted by Gasteiger charge is 2.19. The van der Waals surface area contributed by atoms with E-state index < -0.39 is 6.04 Å². The molecule has 1 aromatic rings. The molecule has 148 valence electrons. The Kier molecular flexibility index (Phi) is 12.3. The van der Waals surface area contributed by atoms with Gasteiger partial charge in [0.1, 0.15) is 5.78 Å². The molecule has 0 saturated heterocycles. The molecule has 26 heavy (non-hydrogen) atoms. The molecule has 0 aliphatic heterocycles. The standard InChI is InChI=1S/C23H39NO2/c1-3-5-6-7-11-14-21(25)15-16-22(24)23(26)18-19(4-2)17-20-12-9-8-10-13-20/h8-10,12-13,19,21-22,25H,3-7,11,14-18,24H2,1-2H3/t19-,21?,22+/m1/s1. The van der Waals surface area contributed by atoms with Crippen LogP contribution in [0, 0.1) is 5.92 Å². The van der Waals surface area contributed by atoms with Crippen molar-refractivity contribution >= 4 is 5.78 Å². The highest BCUT2D eigenvalue weighted by atomic mass is 16.3. The van der Waals surface area contributed by atoms with Crippen LogP contribution in [0.25, 0.3) is 0 Å². The number of carbonyl (C=O) groups excluding carboxylic acids is 1. The van der Waals surface area contributed by atoms with Gasteiger partial charge in [-0.25, -0.2) is 0 Å². The Morgan fingerprint density at radius 2 is 1.69 bits per heavy atom. The molecule has 3 nitrogen and oxygen atoms in total. The van der Waals surface area contributed by atoms with Crippen LogP contribution in [-0.4, -0.2) is 23.0 Å². The van der Waals surface area contributed by atoms with Crippen molar-refractivity contribution in [2.24, 2.45) is 11.7 Å². The quantitative estimate of drug-likeness (QED) is 0.430. The van der Waals surface area contributed by atoms with Crippen molar-refractivity contribution < 1.29 is 9.90 Å². The zero-order valence-corrected chi connectivity index (χ0v) is 16.8. The maximum Gasteiger partial charge on any atom is 0.149 e. The Hall–Kier alpha value is -1.19. The number of rotatable bonds is 15. The van der Waals surface area contributed by atoms with E-state index in [-0.39, 0.29) is 11.9 Å². The Morgan fingerprint density at radius 3 is 2.35 bits per heavy atom. The Labute approximate surface area is 160 Å². The smallest absolute Gasteiger partial charge is 0.149 e. The number of carbonyl (C=O) groups is 1. The molecule has 0 aliphatic carbocycles. The minimum atomic E-state index is -0.436. The average molecular weight is 362 g/mol. The second-order valence-electron chi connectivity index (χ2n) is 7.67. The number of aliphatic hydroxyl groups is 1. The Bertz CT molecular complexity index is 474. The number of benzene rings is 1. The van der Waals surface area contributed by atoms with Crippen molar-refractivity contribution in [3.05, 3.63) is 35.9 Å². The van der Waals surface area contributed by atoms with Crippen molar-refractivity contribution in [3.8, 4) is 0 Å². The normalized spacial score (nSPS) is 14.8. The SMILES string of the molecule is CCCCCCCC(O)CC[C@H](N)C(=O)C[C@H](CC)Cc1ccccc1. The fourth-order valence-electron chi connectivity index (χ4n) is 3.40. The molecule has 3 heteroatoms. The predicted molar refractivity (Wildman–Crippen MR) is 110 cm³/mol. The van der Waals surface area contributed by atoms with E-state index in [0.29, 0.717) is 25.2 Å². The first-order chi connectivity index (χ1) is 12.6. The van der Waals surface area contributed by atoms with Gasteiger partial charge in [0.2, 0.25) is 0 Å². The Morgan fingerprint density at radius 1 is 1.00 bits per heavy atom. The second kappa shape index (κ2) is 13.9. The van der Waals surface area contributed by atoms with E-state index in [9.17, 15) is 9.90 Å². The first kappa shape index (κ1) is 22.9. The fourth-order valence-corrected chi connectivity index (χ4v) is 3.40. The molecule has 0 heterocycles. The molecule has 0 spiro atoms. The lowest BCUT2D eigenvalue weighted by Gasteiger charge is -2.18. The monoisotopic (exact) mass is 361 g/mol. The molecule has 0 aromatic heterocycles. The molecule has 0 amide bonds. The van der Waals surface area contributed by atoms with E-state index in [1.165, 1.54) is 31.2 Å². The van der Waals surface area contributed by atoms with E-state index in [0.717, 1.165) is 25.7 Å². The lowest BCUT2D eigenvalue weighted by atomic mass is 9.89. The van der Waals surface area contributed by atoms with E-state index in [4.69, 9.17) is 5.73 Å². The summed E-state index contributed by atoms with van der Waals surface area (Å²) in [5, 5.41) is 10.1. The molecule has 0 saturated carbocycles. The molecule has 1 unspecified atom stereocenters. The summed E-state index contributed by atoms with van der Waals surface area (Å²) in [5.41, 5.74) is 7.37. The lowest BCUT2D eigenvalue weighted by molar-refractivity contribution is -0.121. The van der Waals surface area contributed by atoms with Crippen LogP contribution in [0.3, 0.4) is 0 Å². The Balaban J connectivity index is 2.25. The first-order valence-corrected chi connectivity index (χ1v) is 10.6. The predicted octanol–water partition coefficient (Wildman–Crippen LogP) is 5.04. The number of hydrogen-bond donors (Lipinski definition) is 2. The molecule has 0 radical (unpaired) electrons. The molecule has 0 aliphatic rings. The third-order valence-corrected chi connectivity index (χ3v) is 5.30. The van der Waals surface area contributed by atoms with Gasteiger partial charge in [0.25, 0.3) is 0 Å². The molecular formula is C23H39NO2. The third-order valence-electron chi connectivity index (χ3n) is 5.30. The minimum absolute atomic E-state index is 0.142. The van der Waals surface area contributed by atoms with Crippen molar-refractivity contribution in [3.63, 3.8) is 0 Å². The number of nitrogens with two attached hydrogens (primary N) is 1. The topological polar surface area (TPSA) is 63.3 Å². The number of aliphatic hydroxyl groups excluding tert-OH is 1. The van der Waals surface area contributed by atoms with Crippen LogP contribution in [0.4, 0.5) is 0 Å². The van der Waals surface area contributed by atoms with Gasteiger partial charge in [0.05, 0.1) is 12.1 Å². The van der Waals surface area contributed by atoms with Gasteiger partial charge in [-0.2, -0.15) is 0 Å². The summed E-state index contributed by atoms with van der Waals surface area (Å²) in [5.74, 6) is 0.488. The fraction of sp³-hybridized carbons (Fsp3) is 0.696. The molecular weight excluding hydrogens is 322 g/mol. The molecule has 0 fully saturated rings. The zero-order chi connectivity index (χ0) is 19.2.